The highest BCUT2D eigenvalue weighted by Crippen LogP contribution is 2.50. The smallest absolute Gasteiger partial charge is 0.215 e. The minimum atomic E-state index is -0.523. The Morgan fingerprint density at radius 2 is 1.12 bits per heavy atom. The SMILES string of the molecule is CCOC(CCP(c1ccccc1)c1ccccc1)COPOc1c(-c2cc(C(C)(C)C)cc(C(C)(C)C)c2O)cc(C(C)(C)C)cc1C(C)(C)C. The molecule has 0 bridgehead atoms. The van der Waals surface area contributed by atoms with E-state index < -0.39 is 7.92 Å². The van der Waals surface area contributed by atoms with Crippen LogP contribution < -0.4 is 15.1 Å². The summed E-state index contributed by atoms with van der Waals surface area (Å²) >= 11 is 0. The number of rotatable bonds is 13. The summed E-state index contributed by atoms with van der Waals surface area (Å²) in [6.07, 6.45) is 1.84. The summed E-state index contributed by atoms with van der Waals surface area (Å²) in [5, 5.41) is 14.8. The first-order valence-corrected chi connectivity index (χ1v) is 21.2. The van der Waals surface area contributed by atoms with Gasteiger partial charge in [-0.3, -0.25) is 0 Å². The van der Waals surface area contributed by atoms with Crippen molar-refractivity contribution in [2.45, 2.75) is 124 Å². The van der Waals surface area contributed by atoms with Crippen molar-refractivity contribution in [1.29, 1.82) is 0 Å². The fraction of sp³-hybridized carbons (Fsp3) is 0.478. The van der Waals surface area contributed by atoms with Gasteiger partial charge in [-0.1, -0.05) is 156 Å². The molecule has 0 heterocycles. The van der Waals surface area contributed by atoms with E-state index in [1.165, 1.54) is 21.7 Å². The topological polar surface area (TPSA) is 47.9 Å². The minimum absolute atomic E-state index is 0.0507. The third-order valence-corrected chi connectivity index (χ3v) is 12.6. The summed E-state index contributed by atoms with van der Waals surface area (Å²) < 4.78 is 19.4. The van der Waals surface area contributed by atoms with Crippen molar-refractivity contribution in [1.82, 2.24) is 0 Å². The Labute approximate surface area is 318 Å². The molecule has 4 aromatic carbocycles. The molecule has 0 aliphatic carbocycles. The summed E-state index contributed by atoms with van der Waals surface area (Å²) in [6, 6.07) is 30.5. The molecule has 0 saturated heterocycles. The zero-order chi connectivity index (χ0) is 38.5. The predicted octanol–water partition coefficient (Wildman–Crippen LogP) is 12.1. The summed E-state index contributed by atoms with van der Waals surface area (Å²) in [4.78, 5) is 0. The summed E-state index contributed by atoms with van der Waals surface area (Å²) in [5.74, 6) is 1.08. The van der Waals surface area contributed by atoms with Crippen LogP contribution in [0, 0.1) is 0 Å². The second kappa shape index (κ2) is 17.2. The first-order valence-electron chi connectivity index (χ1n) is 18.8. The van der Waals surface area contributed by atoms with Crippen LogP contribution in [0.2, 0.25) is 0 Å². The molecule has 0 saturated carbocycles. The van der Waals surface area contributed by atoms with Crippen molar-refractivity contribution in [2.24, 2.45) is 0 Å². The summed E-state index contributed by atoms with van der Waals surface area (Å²) in [5.41, 5.74) is 5.42. The lowest BCUT2D eigenvalue weighted by molar-refractivity contribution is 0.0284. The normalized spacial score (nSPS) is 13.7. The molecular formula is C46H64O4P2. The second-order valence-electron chi connectivity index (χ2n) is 18.0. The number of aromatic hydroxyl groups is 1. The van der Waals surface area contributed by atoms with Crippen molar-refractivity contribution in [3.05, 3.63) is 107 Å². The van der Waals surface area contributed by atoms with E-state index in [1.807, 2.05) is 6.92 Å². The van der Waals surface area contributed by atoms with Gasteiger partial charge in [0.2, 0.25) is 9.03 Å². The highest BCUT2D eigenvalue weighted by Gasteiger charge is 2.31. The van der Waals surface area contributed by atoms with Crippen molar-refractivity contribution < 1.29 is 18.9 Å². The molecule has 4 rings (SSSR count). The van der Waals surface area contributed by atoms with Crippen LogP contribution in [0.3, 0.4) is 0 Å². The molecule has 6 heteroatoms. The molecule has 0 radical (unpaired) electrons. The summed E-state index contributed by atoms with van der Waals surface area (Å²) in [6.45, 7) is 29.7. The maximum Gasteiger partial charge on any atom is 0.215 e. The van der Waals surface area contributed by atoms with Gasteiger partial charge in [0.1, 0.15) is 11.5 Å². The van der Waals surface area contributed by atoms with Crippen LogP contribution in [0.1, 0.15) is 119 Å². The van der Waals surface area contributed by atoms with E-state index in [0.29, 0.717) is 19.0 Å². The van der Waals surface area contributed by atoms with Crippen LogP contribution in [0.25, 0.3) is 11.1 Å². The molecule has 0 aliphatic rings. The molecule has 52 heavy (non-hydrogen) atoms. The quantitative estimate of drug-likeness (QED) is 0.109. The van der Waals surface area contributed by atoms with Crippen LogP contribution in [-0.2, 0) is 30.9 Å². The Morgan fingerprint density at radius 1 is 0.635 bits per heavy atom. The number of hydrogen-bond acceptors (Lipinski definition) is 4. The number of phenolic OH excluding ortho intramolecular Hbond substituents is 1. The van der Waals surface area contributed by atoms with Crippen LogP contribution >= 0.6 is 17.0 Å². The van der Waals surface area contributed by atoms with Crippen LogP contribution in [0.15, 0.2) is 84.9 Å². The Hall–Kier alpha value is -2.74. The number of hydrogen-bond donors (Lipinski definition) is 1. The predicted molar refractivity (Wildman–Crippen MR) is 227 cm³/mol. The van der Waals surface area contributed by atoms with Gasteiger partial charge in [0, 0.05) is 28.9 Å². The van der Waals surface area contributed by atoms with E-state index >= 15 is 0 Å². The fourth-order valence-corrected chi connectivity index (χ4v) is 9.36. The van der Waals surface area contributed by atoms with Crippen molar-refractivity contribution in [2.75, 3.05) is 19.4 Å². The lowest BCUT2D eigenvalue weighted by atomic mass is 9.75. The Kier molecular flexibility index (Phi) is 13.9. The van der Waals surface area contributed by atoms with E-state index in [0.717, 1.165) is 40.6 Å². The molecular weight excluding hydrogens is 678 g/mol. The van der Waals surface area contributed by atoms with Crippen LogP contribution in [-0.4, -0.2) is 30.6 Å². The van der Waals surface area contributed by atoms with Gasteiger partial charge in [-0.2, -0.15) is 0 Å². The monoisotopic (exact) mass is 742 g/mol. The molecule has 2 atom stereocenters. The fourth-order valence-electron chi connectivity index (χ4n) is 6.32. The second-order valence-corrected chi connectivity index (χ2v) is 21.0. The maximum atomic E-state index is 12.1. The molecule has 0 aliphatic heterocycles. The first kappa shape index (κ1) is 42.0. The Morgan fingerprint density at radius 3 is 1.58 bits per heavy atom. The average molecular weight is 743 g/mol. The van der Waals surface area contributed by atoms with E-state index in [-0.39, 0.29) is 36.8 Å². The molecule has 4 aromatic rings. The van der Waals surface area contributed by atoms with Crippen molar-refractivity contribution >= 4 is 27.6 Å². The van der Waals surface area contributed by atoms with E-state index in [9.17, 15) is 5.11 Å². The zero-order valence-electron chi connectivity index (χ0n) is 34.1. The van der Waals surface area contributed by atoms with Gasteiger partial charge < -0.3 is 18.9 Å². The van der Waals surface area contributed by atoms with E-state index in [4.69, 9.17) is 13.8 Å². The lowest BCUT2D eigenvalue weighted by Gasteiger charge is -2.31. The van der Waals surface area contributed by atoms with Crippen LogP contribution in [0.4, 0.5) is 0 Å². The van der Waals surface area contributed by atoms with Crippen molar-refractivity contribution in [3.63, 3.8) is 0 Å². The number of benzene rings is 4. The average Bonchev–Trinajstić information content (AvgIpc) is 3.05. The third kappa shape index (κ3) is 10.9. The largest absolute Gasteiger partial charge is 0.507 e. The molecule has 0 fully saturated rings. The van der Waals surface area contributed by atoms with Crippen molar-refractivity contribution in [3.8, 4) is 22.6 Å². The van der Waals surface area contributed by atoms with Gasteiger partial charge in [0.05, 0.1) is 12.7 Å². The van der Waals surface area contributed by atoms with Gasteiger partial charge in [-0.05, 0) is 83.0 Å². The molecule has 0 spiro atoms. The molecule has 282 valence electrons. The highest BCUT2D eigenvalue weighted by molar-refractivity contribution is 7.73. The first-order chi connectivity index (χ1) is 24.2. The van der Waals surface area contributed by atoms with E-state index in [2.05, 4.69) is 168 Å². The molecule has 0 aromatic heterocycles. The van der Waals surface area contributed by atoms with E-state index in [1.54, 1.807) is 0 Å². The van der Waals surface area contributed by atoms with Crippen LogP contribution in [0.5, 0.6) is 11.5 Å². The zero-order valence-corrected chi connectivity index (χ0v) is 36.0. The van der Waals surface area contributed by atoms with Gasteiger partial charge in [-0.25, -0.2) is 0 Å². The minimum Gasteiger partial charge on any atom is -0.507 e. The third-order valence-electron chi connectivity index (χ3n) is 9.52. The standard InChI is InChI=1S/C46H64O4P2/c1-14-48-34(25-26-52(35-21-17-15-18-22-35)36-23-19-16-20-24-36)31-49-51-50-42-38(28-33(44(5,6)7)30-40(42)46(11,12)13)37-27-32(43(2,3)4)29-39(41(37)47)45(8,9)10/h15-24,27-30,34,47,51H,14,25-26,31H2,1-13H3. The van der Waals surface area contributed by atoms with Gasteiger partial charge in [-0.15, -0.1) is 0 Å². The summed E-state index contributed by atoms with van der Waals surface area (Å²) in [7, 11) is -0.758. The molecule has 1 N–H and O–H groups in total. The highest BCUT2D eigenvalue weighted by atomic mass is 31.1. The number of phenols is 1. The van der Waals surface area contributed by atoms with Gasteiger partial charge >= 0.3 is 0 Å². The number of ether oxygens (including phenoxy) is 1. The molecule has 2 unspecified atom stereocenters. The Balaban J connectivity index is 1.68. The molecule has 4 nitrogen and oxygen atoms in total. The Bertz CT molecular complexity index is 1700. The lowest BCUT2D eigenvalue weighted by Crippen LogP contribution is -2.23. The van der Waals surface area contributed by atoms with Gasteiger partial charge in [0.25, 0.3) is 0 Å². The van der Waals surface area contributed by atoms with Gasteiger partial charge in [0.15, 0.2) is 0 Å². The molecule has 0 amide bonds. The maximum absolute atomic E-state index is 12.1.